The van der Waals surface area contributed by atoms with Crippen LogP contribution in [0, 0.1) is 0 Å². The minimum Gasteiger partial charge on any atom is -0.0845 e. The van der Waals surface area contributed by atoms with E-state index in [1.165, 1.54) is 33.4 Å². The van der Waals surface area contributed by atoms with Gasteiger partial charge in [-0.05, 0) is 51.3 Å². The fourth-order valence-electron chi connectivity index (χ4n) is 2.80. The molecule has 0 nitrogen and oxygen atoms in total. The molecule has 0 amide bonds. The Morgan fingerprint density at radius 2 is 1.78 bits per heavy atom. The maximum absolute atomic E-state index is 2.32. The zero-order valence-corrected chi connectivity index (χ0v) is 12.0. The van der Waals surface area contributed by atoms with Crippen LogP contribution in [-0.2, 0) is 0 Å². The van der Waals surface area contributed by atoms with Crippen molar-refractivity contribution in [1.82, 2.24) is 0 Å². The fourth-order valence-corrected chi connectivity index (χ4v) is 2.80. The SMILES string of the molecule is CC=C(C)C(C)=C(C)C1C(C)=Cc2ccccc21. The minimum absolute atomic E-state index is 0.469. The van der Waals surface area contributed by atoms with Gasteiger partial charge in [-0.1, -0.05) is 53.1 Å². The monoisotopic (exact) mass is 238 g/mol. The number of benzene rings is 1. The van der Waals surface area contributed by atoms with E-state index < -0.39 is 0 Å². The molecule has 0 heteroatoms. The maximum atomic E-state index is 2.32. The summed E-state index contributed by atoms with van der Waals surface area (Å²) in [6, 6.07) is 8.73. The average molecular weight is 238 g/mol. The number of rotatable bonds is 2. The van der Waals surface area contributed by atoms with E-state index >= 15 is 0 Å². The van der Waals surface area contributed by atoms with Gasteiger partial charge in [-0.3, -0.25) is 0 Å². The first-order valence-corrected chi connectivity index (χ1v) is 6.64. The molecular formula is C18H22. The normalized spacial score (nSPS) is 20.4. The van der Waals surface area contributed by atoms with Crippen LogP contribution in [0.5, 0.6) is 0 Å². The molecule has 0 radical (unpaired) electrons. The van der Waals surface area contributed by atoms with Crippen LogP contribution < -0.4 is 0 Å². The van der Waals surface area contributed by atoms with Gasteiger partial charge >= 0.3 is 0 Å². The summed E-state index contributed by atoms with van der Waals surface area (Å²) in [4.78, 5) is 0. The van der Waals surface area contributed by atoms with Gasteiger partial charge < -0.3 is 0 Å². The lowest BCUT2D eigenvalue weighted by molar-refractivity contribution is 0.924. The van der Waals surface area contributed by atoms with Crippen molar-refractivity contribution in [3.05, 3.63) is 63.8 Å². The average Bonchev–Trinajstić information content (AvgIpc) is 2.71. The molecule has 0 spiro atoms. The molecule has 1 aromatic rings. The van der Waals surface area contributed by atoms with Crippen LogP contribution in [0.25, 0.3) is 6.08 Å². The molecule has 1 aromatic carbocycles. The summed E-state index contributed by atoms with van der Waals surface area (Å²) in [5, 5.41) is 0. The van der Waals surface area contributed by atoms with Crippen LogP contribution in [0.4, 0.5) is 0 Å². The third-order valence-electron chi connectivity index (χ3n) is 4.19. The molecule has 0 saturated carbocycles. The molecule has 18 heavy (non-hydrogen) atoms. The van der Waals surface area contributed by atoms with Crippen LogP contribution in [0.3, 0.4) is 0 Å². The zero-order valence-electron chi connectivity index (χ0n) is 12.0. The van der Waals surface area contributed by atoms with Gasteiger partial charge in [0.15, 0.2) is 0 Å². The van der Waals surface area contributed by atoms with Gasteiger partial charge in [-0.15, -0.1) is 0 Å². The summed E-state index contributed by atoms with van der Waals surface area (Å²) in [5.74, 6) is 0.469. The van der Waals surface area contributed by atoms with Crippen molar-refractivity contribution < 1.29 is 0 Å². The van der Waals surface area contributed by atoms with Crippen LogP contribution >= 0.6 is 0 Å². The highest BCUT2D eigenvalue weighted by atomic mass is 14.3. The van der Waals surface area contributed by atoms with Crippen LogP contribution in [0.1, 0.15) is 51.7 Å². The van der Waals surface area contributed by atoms with Crippen molar-refractivity contribution in [3.63, 3.8) is 0 Å². The summed E-state index contributed by atoms with van der Waals surface area (Å²) in [6.45, 7) is 11.0. The molecule has 0 heterocycles. The van der Waals surface area contributed by atoms with E-state index in [4.69, 9.17) is 0 Å². The Labute approximate surface area is 111 Å². The first-order valence-electron chi connectivity index (χ1n) is 6.64. The van der Waals surface area contributed by atoms with Gasteiger partial charge in [0.05, 0.1) is 0 Å². The van der Waals surface area contributed by atoms with E-state index in [1.54, 1.807) is 0 Å². The Balaban J connectivity index is 2.51. The second kappa shape index (κ2) is 4.97. The quantitative estimate of drug-likeness (QED) is 0.598. The summed E-state index contributed by atoms with van der Waals surface area (Å²) >= 11 is 0. The highest BCUT2D eigenvalue weighted by Gasteiger charge is 2.24. The molecule has 0 aliphatic heterocycles. The molecule has 0 saturated heterocycles. The van der Waals surface area contributed by atoms with Crippen LogP contribution in [0.15, 0.2) is 52.6 Å². The summed E-state index contributed by atoms with van der Waals surface area (Å²) in [6.07, 6.45) is 4.51. The standard InChI is InChI=1S/C18H22/c1-6-12(2)14(4)15(5)18-13(3)11-16-9-7-8-10-17(16)18/h6-11,18H,1-5H3. The van der Waals surface area contributed by atoms with E-state index in [9.17, 15) is 0 Å². The van der Waals surface area contributed by atoms with Crippen molar-refractivity contribution >= 4 is 6.08 Å². The topological polar surface area (TPSA) is 0 Å². The van der Waals surface area contributed by atoms with E-state index in [1.807, 2.05) is 0 Å². The lowest BCUT2D eigenvalue weighted by Gasteiger charge is -2.19. The molecule has 94 valence electrons. The van der Waals surface area contributed by atoms with Gasteiger partial charge in [0.1, 0.15) is 0 Å². The van der Waals surface area contributed by atoms with Gasteiger partial charge in [0.2, 0.25) is 0 Å². The van der Waals surface area contributed by atoms with Crippen molar-refractivity contribution in [2.24, 2.45) is 0 Å². The Morgan fingerprint density at radius 1 is 1.11 bits per heavy atom. The number of hydrogen-bond acceptors (Lipinski definition) is 0. The first-order chi connectivity index (χ1) is 8.56. The summed E-state index contributed by atoms with van der Waals surface area (Å²) in [7, 11) is 0. The van der Waals surface area contributed by atoms with Crippen molar-refractivity contribution in [3.8, 4) is 0 Å². The van der Waals surface area contributed by atoms with E-state index in [2.05, 4.69) is 71.0 Å². The molecule has 0 fully saturated rings. The highest BCUT2D eigenvalue weighted by Crippen LogP contribution is 2.42. The third kappa shape index (κ3) is 2.08. The largest absolute Gasteiger partial charge is 0.0845 e. The molecule has 2 rings (SSSR count). The molecule has 0 aromatic heterocycles. The van der Waals surface area contributed by atoms with Crippen LogP contribution in [0.2, 0.25) is 0 Å². The van der Waals surface area contributed by atoms with Gasteiger partial charge in [0, 0.05) is 5.92 Å². The predicted molar refractivity (Wildman–Crippen MR) is 80.6 cm³/mol. The summed E-state index contributed by atoms with van der Waals surface area (Å²) in [5.41, 5.74) is 8.57. The number of hydrogen-bond donors (Lipinski definition) is 0. The Morgan fingerprint density at radius 3 is 2.44 bits per heavy atom. The molecule has 0 bridgehead atoms. The van der Waals surface area contributed by atoms with Gasteiger partial charge in [-0.25, -0.2) is 0 Å². The molecule has 0 N–H and O–H groups in total. The molecule has 1 aliphatic rings. The van der Waals surface area contributed by atoms with E-state index in [0.717, 1.165) is 0 Å². The molecule has 1 aliphatic carbocycles. The second-order valence-corrected chi connectivity index (χ2v) is 5.23. The fraction of sp³-hybridized carbons (Fsp3) is 0.333. The van der Waals surface area contributed by atoms with Gasteiger partial charge in [0.25, 0.3) is 0 Å². The van der Waals surface area contributed by atoms with Crippen molar-refractivity contribution in [2.45, 2.75) is 40.5 Å². The minimum atomic E-state index is 0.469. The lowest BCUT2D eigenvalue weighted by atomic mass is 9.85. The number of fused-ring (bicyclic) bond motifs is 1. The lowest BCUT2D eigenvalue weighted by Crippen LogP contribution is -2.02. The predicted octanol–water partition coefficient (Wildman–Crippen LogP) is 5.49. The van der Waals surface area contributed by atoms with E-state index in [-0.39, 0.29) is 0 Å². The number of allylic oxidation sites excluding steroid dienone is 5. The Bertz CT molecular complexity index is 553. The van der Waals surface area contributed by atoms with Crippen LogP contribution in [-0.4, -0.2) is 0 Å². The maximum Gasteiger partial charge on any atom is 0.0267 e. The summed E-state index contributed by atoms with van der Waals surface area (Å²) < 4.78 is 0. The van der Waals surface area contributed by atoms with Gasteiger partial charge in [-0.2, -0.15) is 0 Å². The van der Waals surface area contributed by atoms with Crippen molar-refractivity contribution in [2.75, 3.05) is 0 Å². The molecule has 1 unspecified atom stereocenters. The molecule has 1 atom stereocenters. The smallest absolute Gasteiger partial charge is 0.0267 e. The first kappa shape index (κ1) is 12.9. The Hall–Kier alpha value is -1.56. The van der Waals surface area contributed by atoms with Crippen molar-refractivity contribution in [1.29, 1.82) is 0 Å². The molecular weight excluding hydrogens is 216 g/mol. The Kier molecular flexibility index (Phi) is 3.56. The zero-order chi connectivity index (χ0) is 13.3. The van der Waals surface area contributed by atoms with E-state index in [0.29, 0.717) is 5.92 Å². The third-order valence-corrected chi connectivity index (χ3v) is 4.19. The highest BCUT2D eigenvalue weighted by molar-refractivity contribution is 5.68. The second-order valence-electron chi connectivity index (χ2n) is 5.23.